The Morgan fingerprint density at radius 1 is 0.885 bits per heavy atom. The maximum Gasteiger partial charge on any atom is 0.127 e. The molecule has 1 nitrogen and oxygen atoms in total. The van der Waals surface area contributed by atoms with Crippen molar-refractivity contribution in [2.75, 3.05) is 6.61 Å². The summed E-state index contributed by atoms with van der Waals surface area (Å²) in [7, 11) is 0. The number of halogens is 1. The van der Waals surface area contributed by atoms with Crippen molar-refractivity contribution in [3.05, 3.63) is 106 Å². The summed E-state index contributed by atoms with van der Waals surface area (Å²) < 4.78 is 19.4. The summed E-state index contributed by atoms with van der Waals surface area (Å²) in [5.74, 6) is 7.07. The number of fused-ring (bicyclic) bond motifs is 1. The number of hydrogen-bond acceptors (Lipinski definition) is 1. The third-order valence-electron chi connectivity index (χ3n) is 4.41. The van der Waals surface area contributed by atoms with Gasteiger partial charge < -0.3 is 4.74 Å². The number of benzene rings is 3. The Morgan fingerprint density at radius 3 is 2.46 bits per heavy atom. The highest BCUT2D eigenvalue weighted by atomic mass is 19.1. The van der Waals surface area contributed by atoms with Crippen LogP contribution in [-0.2, 0) is 0 Å². The minimum Gasteiger partial charge on any atom is -0.488 e. The Labute approximate surface area is 152 Å². The zero-order valence-corrected chi connectivity index (χ0v) is 14.4. The molecular formula is C24H17FO. The molecule has 3 aromatic carbocycles. The van der Waals surface area contributed by atoms with Crippen molar-refractivity contribution in [3.8, 4) is 17.6 Å². The molecule has 26 heavy (non-hydrogen) atoms. The van der Waals surface area contributed by atoms with Crippen LogP contribution in [0, 0.1) is 24.6 Å². The first-order valence-electron chi connectivity index (χ1n) is 8.51. The van der Waals surface area contributed by atoms with Crippen LogP contribution >= 0.6 is 0 Å². The van der Waals surface area contributed by atoms with Crippen molar-refractivity contribution in [1.82, 2.24) is 0 Å². The van der Waals surface area contributed by atoms with Gasteiger partial charge in [-0.05, 0) is 42.3 Å². The van der Waals surface area contributed by atoms with E-state index in [2.05, 4.69) is 30.0 Å². The summed E-state index contributed by atoms with van der Waals surface area (Å²) in [5, 5.41) is 0. The number of rotatable bonds is 1. The van der Waals surface area contributed by atoms with Crippen LogP contribution in [-0.4, -0.2) is 6.61 Å². The maximum atomic E-state index is 13.5. The second kappa shape index (κ2) is 6.90. The molecule has 4 rings (SSSR count). The summed E-state index contributed by atoms with van der Waals surface area (Å²) in [6, 6.07) is 23.2. The van der Waals surface area contributed by atoms with Crippen molar-refractivity contribution in [1.29, 1.82) is 0 Å². The van der Waals surface area contributed by atoms with Crippen LogP contribution in [0.5, 0.6) is 5.75 Å². The Morgan fingerprint density at radius 2 is 1.65 bits per heavy atom. The van der Waals surface area contributed by atoms with E-state index in [-0.39, 0.29) is 5.82 Å². The molecule has 0 spiro atoms. The van der Waals surface area contributed by atoms with Crippen molar-refractivity contribution in [2.24, 2.45) is 0 Å². The molecule has 0 aliphatic carbocycles. The fourth-order valence-electron chi connectivity index (χ4n) is 3.09. The van der Waals surface area contributed by atoms with Gasteiger partial charge in [0.1, 0.15) is 18.2 Å². The van der Waals surface area contributed by atoms with E-state index in [4.69, 9.17) is 4.74 Å². The number of ether oxygens (including phenoxy) is 1. The highest BCUT2D eigenvalue weighted by molar-refractivity contribution is 5.88. The molecule has 1 heterocycles. The van der Waals surface area contributed by atoms with Gasteiger partial charge >= 0.3 is 0 Å². The molecule has 0 aromatic heterocycles. The summed E-state index contributed by atoms with van der Waals surface area (Å²) in [6.45, 7) is 2.17. The molecule has 0 unspecified atom stereocenters. The number of aryl methyl sites for hydroxylation is 1. The lowest BCUT2D eigenvalue weighted by molar-refractivity contribution is 0.351. The topological polar surface area (TPSA) is 9.23 Å². The Kier molecular flexibility index (Phi) is 4.29. The van der Waals surface area contributed by atoms with Crippen molar-refractivity contribution < 1.29 is 9.13 Å². The van der Waals surface area contributed by atoms with Gasteiger partial charge in [0.25, 0.3) is 0 Å². The average Bonchev–Trinajstić information content (AvgIpc) is 2.69. The van der Waals surface area contributed by atoms with Crippen LogP contribution in [0.4, 0.5) is 4.39 Å². The van der Waals surface area contributed by atoms with Crippen molar-refractivity contribution in [2.45, 2.75) is 6.92 Å². The fourth-order valence-corrected chi connectivity index (χ4v) is 3.09. The predicted octanol–water partition coefficient (Wildman–Crippen LogP) is 5.38. The Bertz CT molecular complexity index is 1050. The monoisotopic (exact) mass is 340 g/mol. The van der Waals surface area contributed by atoms with Gasteiger partial charge in [-0.25, -0.2) is 4.39 Å². The minimum atomic E-state index is -0.213. The van der Waals surface area contributed by atoms with Gasteiger partial charge in [0.05, 0.1) is 0 Å². The van der Waals surface area contributed by atoms with Gasteiger partial charge in [-0.2, -0.15) is 0 Å². The fraction of sp³-hybridized carbons (Fsp3) is 0.0833. The Balaban J connectivity index is 1.85. The molecule has 0 radical (unpaired) electrons. The highest BCUT2D eigenvalue weighted by Crippen LogP contribution is 2.36. The van der Waals surface area contributed by atoms with E-state index in [9.17, 15) is 4.39 Å². The van der Waals surface area contributed by atoms with Crippen LogP contribution in [0.15, 0.2) is 78.4 Å². The lowest BCUT2D eigenvalue weighted by Crippen LogP contribution is -2.11. The van der Waals surface area contributed by atoms with Crippen LogP contribution in [0.3, 0.4) is 0 Å². The van der Waals surface area contributed by atoms with Gasteiger partial charge in [-0.3, -0.25) is 0 Å². The van der Waals surface area contributed by atoms with E-state index in [1.165, 1.54) is 6.07 Å². The second-order valence-corrected chi connectivity index (χ2v) is 6.22. The summed E-state index contributed by atoms with van der Waals surface area (Å²) in [4.78, 5) is 0. The van der Waals surface area contributed by atoms with E-state index in [0.717, 1.165) is 33.6 Å². The standard InChI is InChI=1S/C24H17FO/c1-17-15-18(12-14-22(17)25)11-13-20-16-26-23-10-6-5-9-21(23)24(20)19-7-3-2-4-8-19/h2-10,12,14-15H,16H2,1H3. The molecule has 1 aliphatic rings. The third kappa shape index (κ3) is 3.12. The molecular weight excluding hydrogens is 323 g/mol. The van der Waals surface area contributed by atoms with Crippen molar-refractivity contribution in [3.63, 3.8) is 0 Å². The number of hydrogen-bond donors (Lipinski definition) is 0. The average molecular weight is 340 g/mol. The van der Waals surface area contributed by atoms with Crippen LogP contribution < -0.4 is 4.74 Å². The summed E-state index contributed by atoms with van der Waals surface area (Å²) in [5.41, 5.74) is 5.57. The maximum absolute atomic E-state index is 13.5. The SMILES string of the molecule is Cc1cc(C#CC2=C(c3ccccc3)c3ccccc3OC2)ccc1F. The van der Waals surface area contributed by atoms with Crippen molar-refractivity contribution >= 4 is 5.57 Å². The highest BCUT2D eigenvalue weighted by Gasteiger charge is 2.20. The lowest BCUT2D eigenvalue weighted by atomic mass is 9.91. The first kappa shape index (κ1) is 16.2. The van der Waals surface area contributed by atoms with E-state index in [1.54, 1.807) is 19.1 Å². The van der Waals surface area contributed by atoms with E-state index in [1.807, 2.05) is 36.4 Å². The zero-order chi connectivity index (χ0) is 17.9. The lowest BCUT2D eigenvalue weighted by Gasteiger charge is -2.22. The first-order chi connectivity index (χ1) is 12.7. The third-order valence-corrected chi connectivity index (χ3v) is 4.41. The largest absolute Gasteiger partial charge is 0.488 e. The molecule has 0 atom stereocenters. The number of para-hydroxylation sites is 1. The molecule has 0 amide bonds. The first-order valence-corrected chi connectivity index (χ1v) is 8.51. The van der Waals surface area contributed by atoms with E-state index >= 15 is 0 Å². The molecule has 2 heteroatoms. The zero-order valence-electron chi connectivity index (χ0n) is 14.4. The molecule has 0 bridgehead atoms. The summed E-state index contributed by atoms with van der Waals surface area (Å²) >= 11 is 0. The van der Waals surface area contributed by atoms with Gasteiger partial charge in [0.15, 0.2) is 0 Å². The van der Waals surface area contributed by atoms with Crippen LogP contribution in [0.2, 0.25) is 0 Å². The molecule has 1 aliphatic heterocycles. The molecule has 0 N–H and O–H groups in total. The van der Waals surface area contributed by atoms with Gasteiger partial charge in [0, 0.05) is 22.3 Å². The molecule has 3 aromatic rings. The molecule has 126 valence electrons. The summed E-state index contributed by atoms with van der Waals surface area (Å²) in [6.07, 6.45) is 0. The minimum absolute atomic E-state index is 0.213. The molecule has 0 saturated heterocycles. The quantitative estimate of drug-likeness (QED) is 0.540. The molecule has 0 saturated carbocycles. The smallest absolute Gasteiger partial charge is 0.127 e. The van der Waals surface area contributed by atoms with E-state index < -0.39 is 0 Å². The predicted molar refractivity (Wildman–Crippen MR) is 102 cm³/mol. The second-order valence-electron chi connectivity index (χ2n) is 6.22. The van der Waals surface area contributed by atoms with E-state index in [0.29, 0.717) is 12.2 Å². The molecule has 0 fully saturated rings. The normalized spacial score (nSPS) is 12.7. The van der Waals surface area contributed by atoms with Crippen LogP contribution in [0.1, 0.15) is 22.3 Å². The van der Waals surface area contributed by atoms with Crippen LogP contribution in [0.25, 0.3) is 5.57 Å². The van der Waals surface area contributed by atoms with Gasteiger partial charge in [0.2, 0.25) is 0 Å². The van der Waals surface area contributed by atoms with Gasteiger partial charge in [-0.1, -0.05) is 60.4 Å². The Hall–Kier alpha value is -3.31. The van der Waals surface area contributed by atoms with Gasteiger partial charge in [-0.15, -0.1) is 0 Å².